The lowest BCUT2D eigenvalue weighted by molar-refractivity contribution is 0.938. The van der Waals surface area contributed by atoms with E-state index in [1.165, 1.54) is 5.56 Å². The number of hydrogen-bond donors (Lipinski definition) is 1. The minimum Gasteiger partial charge on any atom is -0.368 e. The van der Waals surface area contributed by atoms with Crippen molar-refractivity contribution in [1.82, 2.24) is 19.5 Å². The molecule has 0 saturated heterocycles. The molecule has 0 amide bonds. The zero-order valence-corrected chi connectivity index (χ0v) is 11.8. The Morgan fingerprint density at radius 1 is 1.20 bits per heavy atom. The molecule has 0 aliphatic rings. The summed E-state index contributed by atoms with van der Waals surface area (Å²) in [5.41, 5.74) is 2.75. The largest absolute Gasteiger partial charge is 0.368 e. The van der Waals surface area contributed by atoms with Gasteiger partial charge in [0.15, 0.2) is 11.5 Å². The van der Waals surface area contributed by atoms with Crippen molar-refractivity contribution in [2.75, 3.05) is 11.9 Å². The summed E-state index contributed by atoms with van der Waals surface area (Å²) >= 11 is 5.92. The molecule has 0 unspecified atom stereocenters. The number of nitrogens with one attached hydrogen (secondary N) is 1. The number of fused-ring (bicyclic) bond motifs is 1. The Bertz CT molecular complexity index is 723. The molecule has 3 rings (SSSR count). The van der Waals surface area contributed by atoms with Crippen molar-refractivity contribution in [3.8, 4) is 0 Å². The molecule has 2 heterocycles. The highest BCUT2D eigenvalue weighted by molar-refractivity contribution is 6.28. The molecule has 1 aromatic carbocycles. The number of anilines is 1. The quantitative estimate of drug-likeness (QED) is 0.750. The standard InChI is InChI=1S/C14H14ClN5/c1-20-9-17-13-11(20)12(18-14(15)19-13)16-8-7-10-5-3-2-4-6-10/h2-6,9H,7-8H2,1H3,(H,16,18,19). The van der Waals surface area contributed by atoms with Crippen LogP contribution in [0, 0.1) is 0 Å². The molecule has 0 aliphatic heterocycles. The van der Waals surface area contributed by atoms with Crippen molar-refractivity contribution in [1.29, 1.82) is 0 Å². The third kappa shape index (κ3) is 2.58. The number of nitrogens with zero attached hydrogens (tertiary/aromatic N) is 4. The van der Waals surface area contributed by atoms with Crippen LogP contribution in [0.1, 0.15) is 5.56 Å². The molecule has 102 valence electrons. The molecule has 0 atom stereocenters. The lowest BCUT2D eigenvalue weighted by Gasteiger charge is -2.08. The summed E-state index contributed by atoms with van der Waals surface area (Å²) in [4.78, 5) is 12.5. The Hall–Kier alpha value is -2.14. The summed E-state index contributed by atoms with van der Waals surface area (Å²) in [6.45, 7) is 0.775. The summed E-state index contributed by atoms with van der Waals surface area (Å²) in [5, 5.41) is 3.51. The topological polar surface area (TPSA) is 55.6 Å². The predicted octanol–water partition coefficient (Wildman–Crippen LogP) is 2.67. The molecular weight excluding hydrogens is 274 g/mol. The SMILES string of the molecule is Cn1cnc2nc(Cl)nc(NCCc3ccccc3)c21. The first-order chi connectivity index (χ1) is 9.74. The average molecular weight is 288 g/mol. The average Bonchev–Trinajstić information content (AvgIpc) is 2.81. The van der Waals surface area contributed by atoms with Crippen LogP contribution in [0.25, 0.3) is 11.2 Å². The van der Waals surface area contributed by atoms with E-state index in [0.29, 0.717) is 5.65 Å². The highest BCUT2D eigenvalue weighted by Gasteiger charge is 2.10. The third-order valence-corrected chi connectivity index (χ3v) is 3.26. The summed E-state index contributed by atoms with van der Waals surface area (Å²) in [6.07, 6.45) is 2.62. The molecule has 0 spiro atoms. The zero-order valence-electron chi connectivity index (χ0n) is 11.0. The second-order valence-corrected chi connectivity index (χ2v) is 4.87. The van der Waals surface area contributed by atoms with E-state index in [1.54, 1.807) is 6.33 Å². The lowest BCUT2D eigenvalue weighted by atomic mass is 10.1. The van der Waals surface area contributed by atoms with Crippen LogP contribution in [0.4, 0.5) is 5.82 Å². The van der Waals surface area contributed by atoms with Gasteiger partial charge in [-0.15, -0.1) is 0 Å². The molecule has 0 aliphatic carbocycles. The van der Waals surface area contributed by atoms with Gasteiger partial charge in [0.2, 0.25) is 5.28 Å². The van der Waals surface area contributed by atoms with E-state index in [-0.39, 0.29) is 5.28 Å². The molecule has 3 aromatic rings. The maximum Gasteiger partial charge on any atom is 0.226 e. The van der Waals surface area contributed by atoms with E-state index in [1.807, 2.05) is 29.8 Å². The number of aryl methyl sites for hydroxylation is 1. The predicted molar refractivity (Wildman–Crippen MR) is 79.9 cm³/mol. The van der Waals surface area contributed by atoms with Crippen molar-refractivity contribution >= 4 is 28.6 Å². The van der Waals surface area contributed by atoms with Crippen LogP contribution in [0.15, 0.2) is 36.7 Å². The first kappa shape index (κ1) is 12.9. The van der Waals surface area contributed by atoms with Gasteiger partial charge in [0, 0.05) is 13.6 Å². The Kier molecular flexibility index (Phi) is 3.52. The fourth-order valence-electron chi connectivity index (χ4n) is 2.12. The highest BCUT2D eigenvalue weighted by atomic mass is 35.5. The van der Waals surface area contributed by atoms with Gasteiger partial charge in [-0.05, 0) is 23.6 Å². The molecule has 0 fully saturated rings. The van der Waals surface area contributed by atoms with Crippen LogP contribution in [0.3, 0.4) is 0 Å². The Balaban J connectivity index is 1.79. The Morgan fingerprint density at radius 3 is 2.80 bits per heavy atom. The number of imidazole rings is 1. The molecule has 5 nitrogen and oxygen atoms in total. The molecule has 0 saturated carbocycles. The molecule has 0 bridgehead atoms. The van der Waals surface area contributed by atoms with Crippen molar-refractivity contribution in [2.24, 2.45) is 7.05 Å². The van der Waals surface area contributed by atoms with E-state index in [4.69, 9.17) is 11.6 Å². The van der Waals surface area contributed by atoms with Gasteiger partial charge >= 0.3 is 0 Å². The Labute approximate surface area is 121 Å². The maximum atomic E-state index is 5.92. The third-order valence-electron chi connectivity index (χ3n) is 3.09. The minimum atomic E-state index is 0.207. The van der Waals surface area contributed by atoms with E-state index in [2.05, 4.69) is 32.4 Å². The lowest BCUT2D eigenvalue weighted by Crippen LogP contribution is -2.08. The van der Waals surface area contributed by atoms with Gasteiger partial charge < -0.3 is 9.88 Å². The zero-order chi connectivity index (χ0) is 13.9. The number of hydrogen-bond acceptors (Lipinski definition) is 4. The monoisotopic (exact) mass is 287 g/mol. The molecule has 6 heteroatoms. The maximum absolute atomic E-state index is 5.92. The van der Waals surface area contributed by atoms with Crippen LogP contribution < -0.4 is 5.32 Å². The molecule has 0 radical (unpaired) electrons. The van der Waals surface area contributed by atoms with Gasteiger partial charge in [-0.25, -0.2) is 4.98 Å². The smallest absolute Gasteiger partial charge is 0.226 e. The summed E-state index contributed by atoms with van der Waals surface area (Å²) in [7, 11) is 1.91. The van der Waals surface area contributed by atoms with Crippen LogP contribution in [-0.2, 0) is 13.5 Å². The second kappa shape index (κ2) is 5.46. The first-order valence-corrected chi connectivity index (χ1v) is 6.74. The summed E-state index contributed by atoms with van der Waals surface area (Å²) in [6, 6.07) is 10.3. The fraction of sp³-hybridized carbons (Fsp3) is 0.214. The first-order valence-electron chi connectivity index (χ1n) is 6.36. The number of rotatable bonds is 4. The minimum absolute atomic E-state index is 0.207. The summed E-state index contributed by atoms with van der Waals surface area (Å²) < 4.78 is 1.89. The van der Waals surface area contributed by atoms with Crippen LogP contribution in [0.5, 0.6) is 0 Å². The van der Waals surface area contributed by atoms with Crippen LogP contribution in [0.2, 0.25) is 5.28 Å². The normalized spacial score (nSPS) is 10.9. The van der Waals surface area contributed by atoms with E-state index < -0.39 is 0 Å². The molecule has 20 heavy (non-hydrogen) atoms. The van der Waals surface area contributed by atoms with E-state index in [9.17, 15) is 0 Å². The van der Waals surface area contributed by atoms with Gasteiger partial charge in [0.25, 0.3) is 0 Å². The van der Waals surface area contributed by atoms with Crippen LogP contribution in [-0.4, -0.2) is 26.1 Å². The highest BCUT2D eigenvalue weighted by Crippen LogP contribution is 2.20. The van der Waals surface area contributed by atoms with Crippen molar-refractivity contribution in [2.45, 2.75) is 6.42 Å². The number of aromatic nitrogens is 4. The van der Waals surface area contributed by atoms with Crippen LogP contribution >= 0.6 is 11.6 Å². The van der Waals surface area contributed by atoms with Gasteiger partial charge in [0.1, 0.15) is 5.52 Å². The molecule has 2 aromatic heterocycles. The summed E-state index contributed by atoms with van der Waals surface area (Å²) in [5.74, 6) is 0.718. The number of halogens is 1. The van der Waals surface area contributed by atoms with Gasteiger partial charge in [-0.1, -0.05) is 30.3 Å². The van der Waals surface area contributed by atoms with Crippen molar-refractivity contribution in [3.05, 3.63) is 47.5 Å². The number of benzene rings is 1. The van der Waals surface area contributed by atoms with Gasteiger partial charge in [-0.2, -0.15) is 9.97 Å². The fourth-order valence-corrected chi connectivity index (χ4v) is 2.29. The van der Waals surface area contributed by atoms with E-state index >= 15 is 0 Å². The van der Waals surface area contributed by atoms with Crippen molar-refractivity contribution in [3.63, 3.8) is 0 Å². The van der Waals surface area contributed by atoms with Crippen molar-refractivity contribution < 1.29 is 0 Å². The molecular formula is C14H14ClN5. The van der Waals surface area contributed by atoms with E-state index in [0.717, 1.165) is 24.3 Å². The van der Waals surface area contributed by atoms with Gasteiger partial charge in [0.05, 0.1) is 6.33 Å². The van der Waals surface area contributed by atoms with Gasteiger partial charge in [-0.3, -0.25) is 0 Å². The Morgan fingerprint density at radius 2 is 2.00 bits per heavy atom. The second-order valence-electron chi connectivity index (χ2n) is 4.53. The molecule has 1 N–H and O–H groups in total.